The van der Waals surface area contributed by atoms with E-state index in [1.807, 2.05) is 42.5 Å². The Hall–Kier alpha value is -3.00. The smallest absolute Gasteiger partial charge is 0.319 e. The molecule has 0 saturated heterocycles. The average molecular weight is 292 g/mol. The number of nitrogens with zero attached hydrogens (tertiary/aromatic N) is 1. The third-order valence-corrected chi connectivity index (χ3v) is 3.61. The number of amides is 2. The minimum Gasteiger partial charge on any atom is -0.383 e. The number of fused-ring (bicyclic) bond motifs is 1. The highest BCUT2D eigenvalue weighted by Crippen LogP contribution is 2.23. The fraction of sp³-hybridized carbons (Fsp3) is 0.176. The van der Waals surface area contributed by atoms with Gasteiger partial charge in [0.05, 0.1) is 17.7 Å². The summed E-state index contributed by atoms with van der Waals surface area (Å²) in [6.45, 7) is 0.668. The van der Waals surface area contributed by atoms with E-state index < -0.39 is 0 Å². The molecule has 0 spiro atoms. The predicted octanol–water partition coefficient (Wildman–Crippen LogP) is 2.72. The van der Waals surface area contributed by atoms with E-state index in [0.717, 1.165) is 16.9 Å². The lowest BCUT2D eigenvalue weighted by Crippen LogP contribution is -2.45. The SMILES string of the molecule is N#Cc1ccc2c(c1)CC(NC(=O)Nc1ccccc1)CN2. The van der Waals surface area contributed by atoms with Gasteiger partial charge in [-0.05, 0) is 42.3 Å². The van der Waals surface area contributed by atoms with Crippen LogP contribution in [0.1, 0.15) is 11.1 Å². The average Bonchev–Trinajstić information content (AvgIpc) is 2.55. The van der Waals surface area contributed by atoms with Gasteiger partial charge in [0.1, 0.15) is 0 Å². The van der Waals surface area contributed by atoms with E-state index in [0.29, 0.717) is 18.5 Å². The fourth-order valence-corrected chi connectivity index (χ4v) is 2.55. The maximum absolute atomic E-state index is 12.0. The van der Waals surface area contributed by atoms with Gasteiger partial charge in [0.15, 0.2) is 0 Å². The lowest BCUT2D eigenvalue weighted by Gasteiger charge is -2.27. The zero-order valence-corrected chi connectivity index (χ0v) is 12.0. The Labute approximate surface area is 129 Å². The molecule has 1 aliphatic heterocycles. The van der Waals surface area contributed by atoms with E-state index in [1.54, 1.807) is 6.07 Å². The summed E-state index contributed by atoms with van der Waals surface area (Å²) in [5.74, 6) is 0. The quantitative estimate of drug-likeness (QED) is 0.796. The minimum atomic E-state index is -0.224. The summed E-state index contributed by atoms with van der Waals surface area (Å²) in [7, 11) is 0. The highest BCUT2D eigenvalue weighted by atomic mass is 16.2. The second kappa shape index (κ2) is 6.19. The van der Waals surface area contributed by atoms with Gasteiger partial charge in [0, 0.05) is 17.9 Å². The van der Waals surface area contributed by atoms with Gasteiger partial charge >= 0.3 is 6.03 Å². The summed E-state index contributed by atoms with van der Waals surface area (Å²) in [5, 5.41) is 18.0. The van der Waals surface area contributed by atoms with Gasteiger partial charge in [-0.25, -0.2) is 4.79 Å². The third kappa shape index (κ3) is 3.18. The Morgan fingerprint density at radius 2 is 2.05 bits per heavy atom. The normalized spacial score (nSPS) is 15.9. The lowest BCUT2D eigenvalue weighted by atomic mass is 9.98. The first-order chi connectivity index (χ1) is 10.7. The third-order valence-electron chi connectivity index (χ3n) is 3.61. The largest absolute Gasteiger partial charge is 0.383 e. The van der Waals surface area contributed by atoms with Crippen LogP contribution < -0.4 is 16.0 Å². The molecule has 110 valence electrons. The molecule has 0 fully saturated rings. The Bertz CT molecular complexity index is 721. The number of carbonyl (C=O) groups is 1. The minimum absolute atomic E-state index is 0.00912. The first kappa shape index (κ1) is 14.0. The molecule has 3 rings (SSSR count). The summed E-state index contributed by atoms with van der Waals surface area (Å²) < 4.78 is 0. The van der Waals surface area contributed by atoms with Crippen LogP contribution in [0.25, 0.3) is 0 Å². The van der Waals surface area contributed by atoms with Gasteiger partial charge in [0.25, 0.3) is 0 Å². The van der Waals surface area contributed by atoms with Gasteiger partial charge in [-0.1, -0.05) is 18.2 Å². The van der Waals surface area contributed by atoms with Crippen LogP contribution in [0.3, 0.4) is 0 Å². The zero-order valence-electron chi connectivity index (χ0n) is 12.0. The maximum atomic E-state index is 12.0. The molecule has 1 atom stereocenters. The van der Waals surface area contributed by atoms with E-state index >= 15 is 0 Å². The van der Waals surface area contributed by atoms with Crippen LogP contribution in [0.15, 0.2) is 48.5 Å². The van der Waals surface area contributed by atoms with E-state index in [4.69, 9.17) is 5.26 Å². The van der Waals surface area contributed by atoms with Crippen molar-refractivity contribution < 1.29 is 4.79 Å². The maximum Gasteiger partial charge on any atom is 0.319 e. The standard InChI is InChI=1S/C17H16N4O/c18-10-12-6-7-16-13(8-12)9-15(11-19-16)21-17(22)20-14-4-2-1-3-5-14/h1-8,15,19H,9,11H2,(H2,20,21,22). The van der Waals surface area contributed by atoms with E-state index in [-0.39, 0.29) is 12.1 Å². The predicted molar refractivity (Wildman–Crippen MR) is 85.7 cm³/mol. The molecule has 2 aromatic rings. The van der Waals surface area contributed by atoms with Gasteiger partial charge in [-0.2, -0.15) is 5.26 Å². The van der Waals surface area contributed by atoms with Crippen molar-refractivity contribution in [1.82, 2.24) is 5.32 Å². The van der Waals surface area contributed by atoms with Crippen LogP contribution in [0.2, 0.25) is 0 Å². The topological polar surface area (TPSA) is 77.0 Å². The van der Waals surface area contributed by atoms with Gasteiger partial charge in [-0.3, -0.25) is 0 Å². The number of para-hydroxylation sites is 1. The number of benzene rings is 2. The highest BCUT2D eigenvalue weighted by molar-refractivity contribution is 5.89. The first-order valence-electron chi connectivity index (χ1n) is 7.14. The van der Waals surface area contributed by atoms with Crippen LogP contribution in [0.4, 0.5) is 16.2 Å². The number of hydrogen-bond donors (Lipinski definition) is 3. The Balaban J connectivity index is 1.62. The van der Waals surface area contributed by atoms with Crippen molar-refractivity contribution in [1.29, 1.82) is 5.26 Å². The van der Waals surface area contributed by atoms with Gasteiger partial charge in [0.2, 0.25) is 0 Å². The fourth-order valence-electron chi connectivity index (χ4n) is 2.55. The molecule has 0 aliphatic carbocycles. The van der Waals surface area contributed by atoms with Crippen LogP contribution >= 0.6 is 0 Å². The monoisotopic (exact) mass is 292 g/mol. The van der Waals surface area contributed by atoms with Crippen molar-refractivity contribution in [2.45, 2.75) is 12.5 Å². The summed E-state index contributed by atoms with van der Waals surface area (Å²) in [4.78, 5) is 12.0. The molecule has 2 aromatic carbocycles. The molecule has 0 bridgehead atoms. The molecule has 0 saturated carbocycles. The number of anilines is 2. The molecule has 0 radical (unpaired) electrons. The van der Waals surface area contributed by atoms with Gasteiger partial charge in [-0.15, -0.1) is 0 Å². The highest BCUT2D eigenvalue weighted by Gasteiger charge is 2.20. The van der Waals surface area contributed by atoms with Crippen LogP contribution in [-0.4, -0.2) is 18.6 Å². The molecular formula is C17H16N4O. The first-order valence-corrected chi connectivity index (χ1v) is 7.14. The summed E-state index contributed by atoms with van der Waals surface area (Å²) in [6.07, 6.45) is 0.708. The van der Waals surface area contributed by atoms with E-state index in [1.165, 1.54) is 0 Å². The molecule has 3 N–H and O–H groups in total. The zero-order chi connectivity index (χ0) is 15.4. The Morgan fingerprint density at radius 1 is 1.23 bits per heavy atom. The molecule has 22 heavy (non-hydrogen) atoms. The Kier molecular flexibility index (Phi) is 3.92. The summed E-state index contributed by atoms with van der Waals surface area (Å²) in [5.41, 5.74) is 3.47. The second-order valence-electron chi connectivity index (χ2n) is 5.23. The van der Waals surface area contributed by atoms with E-state index in [9.17, 15) is 4.79 Å². The molecule has 1 aliphatic rings. The number of hydrogen-bond acceptors (Lipinski definition) is 3. The molecular weight excluding hydrogens is 276 g/mol. The Morgan fingerprint density at radius 3 is 2.82 bits per heavy atom. The van der Waals surface area contributed by atoms with Crippen LogP contribution in [0, 0.1) is 11.3 Å². The number of urea groups is 1. The number of nitrogens with one attached hydrogen (secondary N) is 3. The molecule has 5 nitrogen and oxygen atoms in total. The van der Waals surface area contributed by atoms with Crippen molar-refractivity contribution in [3.8, 4) is 6.07 Å². The van der Waals surface area contributed by atoms with Crippen molar-refractivity contribution in [3.63, 3.8) is 0 Å². The second-order valence-corrected chi connectivity index (χ2v) is 5.23. The van der Waals surface area contributed by atoms with Crippen LogP contribution in [0.5, 0.6) is 0 Å². The number of rotatable bonds is 2. The van der Waals surface area contributed by atoms with E-state index in [2.05, 4.69) is 22.0 Å². The number of carbonyl (C=O) groups excluding carboxylic acids is 1. The van der Waals surface area contributed by atoms with Crippen LogP contribution in [-0.2, 0) is 6.42 Å². The van der Waals surface area contributed by atoms with Crippen molar-refractivity contribution >= 4 is 17.4 Å². The molecule has 5 heteroatoms. The molecule has 1 heterocycles. The van der Waals surface area contributed by atoms with Gasteiger partial charge < -0.3 is 16.0 Å². The molecule has 1 unspecified atom stereocenters. The number of nitriles is 1. The molecule has 2 amide bonds. The lowest BCUT2D eigenvalue weighted by molar-refractivity contribution is 0.248. The summed E-state index contributed by atoms with van der Waals surface area (Å²) in [6, 6.07) is 16.8. The summed E-state index contributed by atoms with van der Waals surface area (Å²) >= 11 is 0. The molecule has 0 aromatic heterocycles. The van der Waals surface area contributed by atoms with Crippen molar-refractivity contribution in [2.75, 3.05) is 17.2 Å². The van der Waals surface area contributed by atoms with Crippen molar-refractivity contribution in [2.24, 2.45) is 0 Å². The van der Waals surface area contributed by atoms with Crippen molar-refractivity contribution in [3.05, 3.63) is 59.7 Å².